The summed E-state index contributed by atoms with van der Waals surface area (Å²) < 4.78 is 18.0. The van der Waals surface area contributed by atoms with E-state index < -0.39 is 22.2 Å². The Morgan fingerprint density at radius 2 is 1.93 bits per heavy atom. The largest absolute Gasteiger partial charge is 0.350 e. The van der Waals surface area contributed by atoms with Crippen molar-refractivity contribution in [3.63, 3.8) is 0 Å². The average molecular weight is 391 g/mol. The molecule has 2 aliphatic rings. The highest BCUT2D eigenvalue weighted by Crippen LogP contribution is 2.35. The summed E-state index contributed by atoms with van der Waals surface area (Å²) in [5.74, 6) is 6.19. The number of nitrogens with two attached hydrogens (primary N) is 1. The van der Waals surface area contributed by atoms with E-state index in [0.717, 1.165) is 25.7 Å². The van der Waals surface area contributed by atoms with Crippen LogP contribution in [0.25, 0.3) is 10.9 Å². The van der Waals surface area contributed by atoms with E-state index in [1.54, 1.807) is 22.8 Å². The van der Waals surface area contributed by atoms with Gasteiger partial charge in [0.25, 0.3) is 5.56 Å². The lowest BCUT2D eigenvalue weighted by Gasteiger charge is -2.23. The lowest BCUT2D eigenvalue weighted by molar-refractivity contribution is 0.317. The van der Waals surface area contributed by atoms with E-state index in [0.29, 0.717) is 32.9 Å². The van der Waals surface area contributed by atoms with Crippen LogP contribution in [0.1, 0.15) is 51.9 Å². The Labute approximate surface area is 160 Å². The van der Waals surface area contributed by atoms with E-state index in [4.69, 9.17) is 5.84 Å². The lowest BCUT2D eigenvalue weighted by Crippen LogP contribution is -2.45. The maximum absolute atomic E-state index is 12.6. The van der Waals surface area contributed by atoms with Gasteiger partial charge in [0.2, 0.25) is 0 Å². The van der Waals surface area contributed by atoms with Crippen molar-refractivity contribution in [2.45, 2.75) is 68.8 Å². The zero-order valence-corrected chi connectivity index (χ0v) is 16.4. The van der Waals surface area contributed by atoms with Gasteiger partial charge < -0.3 is 5.84 Å². The zero-order valence-electron chi connectivity index (χ0n) is 15.6. The van der Waals surface area contributed by atoms with Crippen molar-refractivity contribution in [3.8, 4) is 0 Å². The van der Waals surface area contributed by atoms with Gasteiger partial charge in [-0.25, -0.2) is 13.7 Å². The molecule has 0 amide bonds. The third kappa shape index (κ3) is 3.60. The van der Waals surface area contributed by atoms with Crippen molar-refractivity contribution >= 4 is 21.9 Å². The van der Waals surface area contributed by atoms with Crippen molar-refractivity contribution in [2.75, 3.05) is 5.84 Å². The Hall–Kier alpha value is -1.93. The van der Waals surface area contributed by atoms with Crippen molar-refractivity contribution in [1.29, 1.82) is 0 Å². The molecule has 0 bridgehead atoms. The van der Waals surface area contributed by atoms with E-state index in [9.17, 15) is 13.8 Å². The number of rotatable bonds is 5. The summed E-state index contributed by atoms with van der Waals surface area (Å²) >= 11 is 0. The summed E-state index contributed by atoms with van der Waals surface area (Å²) in [6.45, 7) is 2.59. The molecule has 0 aliphatic heterocycles. The molecule has 1 aromatic heterocycles. The molecule has 1 atom stereocenters. The Balaban J connectivity index is 1.75. The van der Waals surface area contributed by atoms with Crippen molar-refractivity contribution < 1.29 is 4.21 Å². The van der Waals surface area contributed by atoms with Gasteiger partial charge in [-0.05, 0) is 56.7 Å². The maximum atomic E-state index is 12.6. The maximum Gasteiger partial charge on any atom is 0.350 e. The molecule has 1 unspecified atom stereocenters. The van der Waals surface area contributed by atoms with Crippen LogP contribution in [0.3, 0.4) is 0 Å². The summed E-state index contributed by atoms with van der Waals surface area (Å²) in [5, 5.41) is 0.335. The van der Waals surface area contributed by atoms with E-state index in [2.05, 4.69) is 4.72 Å². The van der Waals surface area contributed by atoms with Crippen molar-refractivity contribution in [3.05, 3.63) is 39.0 Å². The first kappa shape index (κ1) is 18.4. The average Bonchev–Trinajstić information content (AvgIpc) is 3.40. The number of nitrogen functional groups attached to an aromatic ring is 1. The predicted molar refractivity (Wildman–Crippen MR) is 106 cm³/mol. The first-order valence-electron chi connectivity index (χ1n) is 9.62. The fourth-order valence-electron chi connectivity index (χ4n) is 3.86. The molecular formula is C19H26N4O3S. The minimum absolute atomic E-state index is 0.0896. The predicted octanol–water partition coefficient (Wildman–Crippen LogP) is 1.62. The molecule has 8 heteroatoms. The SMILES string of the molecule is CC1(NS(=O)c2ccc3c(c2)c(=O)n(N)c(=O)n3CC2CCCCC2)CC1. The van der Waals surface area contributed by atoms with E-state index >= 15 is 0 Å². The normalized spacial score (nSPS) is 20.6. The summed E-state index contributed by atoms with van der Waals surface area (Å²) in [5.41, 5.74) is -0.564. The fourth-order valence-corrected chi connectivity index (χ4v) is 5.05. The second-order valence-electron chi connectivity index (χ2n) is 8.18. The van der Waals surface area contributed by atoms with Gasteiger partial charge in [-0.2, -0.15) is 4.68 Å². The minimum Gasteiger partial charge on any atom is -0.332 e. The van der Waals surface area contributed by atoms with Crippen LogP contribution in [0.5, 0.6) is 0 Å². The smallest absolute Gasteiger partial charge is 0.332 e. The molecule has 0 saturated heterocycles. The molecule has 2 aliphatic carbocycles. The Bertz CT molecular complexity index is 1020. The van der Waals surface area contributed by atoms with Gasteiger partial charge in [-0.1, -0.05) is 19.3 Å². The molecular weight excluding hydrogens is 364 g/mol. The number of fused-ring (bicyclic) bond motifs is 1. The number of hydrogen-bond donors (Lipinski definition) is 2. The second kappa shape index (κ2) is 6.91. The summed E-state index contributed by atoms with van der Waals surface area (Å²) in [4.78, 5) is 25.7. The Morgan fingerprint density at radius 3 is 2.59 bits per heavy atom. The van der Waals surface area contributed by atoms with E-state index in [1.807, 2.05) is 6.92 Å². The van der Waals surface area contributed by atoms with Gasteiger partial charge >= 0.3 is 5.69 Å². The molecule has 1 aromatic carbocycles. The highest BCUT2D eigenvalue weighted by Gasteiger charge is 2.38. The highest BCUT2D eigenvalue weighted by atomic mass is 32.2. The Morgan fingerprint density at radius 1 is 1.22 bits per heavy atom. The van der Waals surface area contributed by atoms with Crippen LogP contribution >= 0.6 is 0 Å². The second-order valence-corrected chi connectivity index (χ2v) is 9.40. The molecule has 3 N–H and O–H groups in total. The van der Waals surface area contributed by atoms with E-state index in [1.165, 1.54) is 19.3 Å². The first-order chi connectivity index (χ1) is 12.9. The standard InChI is InChI=1S/C19H26N4O3S/c1-19(9-10-19)21-27(26)14-7-8-16-15(11-14)17(24)23(20)18(25)22(16)12-13-5-3-2-4-6-13/h7-8,11,13,21H,2-6,9-10,12,20H2,1H3. The molecule has 2 saturated carbocycles. The fraction of sp³-hybridized carbons (Fsp3) is 0.579. The molecule has 0 radical (unpaired) electrons. The number of hydrogen-bond acceptors (Lipinski definition) is 4. The molecule has 1 heterocycles. The van der Waals surface area contributed by atoms with Gasteiger partial charge in [-0.3, -0.25) is 9.36 Å². The van der Waals surface area contributed by atoms with Crippen LogP contribution in [0, 0.1) is 5.92 Å². The molecule has 0 spiro atoms. The van der Waals surface area contributed by atoms with Gasteiger partial charge in [0.05, 0.1) is 15.8 Å². The van der Waals surface area contributed by atoms with Crippen LogP contribution in [-0.2, 0) is 17.5 Å². The van der Waals surface area contributed by atoms with Crippen LogP contribution in [-0.4, -0.2) is 19.0 Å². The molecule has 4 rings (SSSR count). The number of nitrogens with zero attached hydrogens (tertiary/aromatic N) is 2. The van der Waals surface area contributed by atoms with Crippen molar-refractivity contribution in [2.24, 2.45) is 5.92 Å². The topological polar surface area (TPSA) is 99.1 Å². The van der Waals surface area contributed by atoms with Crippen LogP contribution < -0.4 is 21.8 Å². The number of nitrogens with one attached hydrogen (secondary N) is 1. The molecule has 2 fully saturated rings. The van der Waals surface area contributed by atoms with Gasteiger partial charge in [0, 0.05) is 12.1 Å². The van der Waals surface area contributed by atoms with Crippen LogP contribution in [0.15, 0.2) is 32.7 Å². The minimum atomic E-state index is -1.41. The quantitative estimate of drug-likeness (QED) is 0.758. The molecule has 7 nitrogen and oxygen atoms in total. The monoisotopic (exact) mass is 390 g/mol. The van der Waals surface area contributed by atoms with E-state index in [-0.39, 0.29) is 5.54 Å². The summed E-state index contributed by atoms with van der Waals surface area (Å²) in [7, 11) is -1.41. The van der Waals surface area contributed by atoms with Gasteiger partial charge in [-0.15, -0.1) is 0 Å². The van der Waals surface area contributed by atoms with Crippen LogP contribution in [0.4, 0.5) is 0 Å². The van der Waals surface area contributed by atoms with Gasteiger partial charge in [0.1, 0.15) is 11.0 Å². The number of aromatic nitrogens is 2. The Kier molecular flexibility index (Phi) is 4.71. The lowest BCUT2D eigenvalue weighted by atomic mass is 9.89. The zero-order chi connectivity index (χ0) is 19.2. The van der Waals surface area contributed by atoms with Gasteiger partial charge in [0.15, 0.2) is 0 Å². The summed E-state index contributed by atoms with van der Waals surface area (Å²) in [6, 6.07) is 5.06. The molecule has 27 heavy (non-hydrogen) atoms. The first-order valence-corrected chi connectivity index (χ1v) is 10.8. The molecule has 2 aromatic rings. The van der Waals surface area contributed by atoms with Crippen molar-refractivity contribution in [1.82, 2.24) is 14.0 Å². The highest BCUT2D eigenvalue weighted by molar-refractivity contribution is 7.83. The molecule has 146 valence electrons. The third-order valence-electron chi connectivity index (χ3n) is 5.86. The summed E-state index contributed by atoms with van der Waals surface area (Å²) in [6.07, 6.45) is 7.74. The number of benzene rings is 1. The van der Waals surface area contributed by atoms with Crippen LogP contribution in [0.2, 0.25) is 0 Å². The third-order valence-corrected chi connectivity index (χ3v) is 7.22.